The normalized spacial score (nSPS) is 11.4. The molecule has 1 atom stereocenters. The second-order valence-corrected chi connectivity index (χ2v) is 9.52. The lowest BCUT2D eigenvalue weighted by atomic mass is 10.0. The van der Waals surface area contributed by atoms with Crippen molar-refractivity contribution in [1.29, 1.82) is 0 Å². The number of pyridine rings is 3. The van der Waals surface area contributed by atoms with E-state index in [9.17, 15) is 14.4 Å². The first-order chi connectivity index (χ1) is 20.4. The molecule has 9 heteroatoms. The van der Waals surface area contributed by atoms with Crippen LogP contribution in [0.1, 0.15) is 41.0 Å². The summed E-state index contributed by atoms with van der Waals surface area (Å²) in [5.41, 5.74) is 8.25. The van der Waals surface area contributed by atoms with Gasteiger partial charge in [-0.05, 0) is 54.8 Å². The van der Waals surface area contributed by atoms with Crippen molar-refractivity contribution < 1.29 is 9.59 Å². The minimum absolute atomic E-state index is 0.0668. The van der Waals surface area contributed by atoms with E-state index in [-0.39, 0.29) is 22.8 Å². The van der Waals surface area contributed by atoms with Crippen LogP contribution in [0.5, 0.6) is 0 Å². The van der Waals surface area contributed by atoms with Crippen molar-refractivity contribution in [3.05, 3.63) is 119 Å². The van der Waals surface area contributed by atoms with E-state index < -0.39 is 11.9 Å². The number of nitrogens with one attached hydrogen (secondary N) is 2. The van der Waals surface area contributed by atoms with E-state index >= 15 is 0 Å². The fraction of sp³-hybridized carbons (Fsp3) is 0.121. The average Bonchev–Trinajstić information content (AvgIpc) is 3.00. The summed E-state index contributed by atoms with van der Waals surface area (Å²) >= 11 is 0. The van der Waals surface area contributed by atoms with E-state index in [1.54, 1.807) is 36.0 Å². The van der Waals surface area contributed by atoms with E-state index in [1.165, 1.54) is 6.08 Å². The van der Waals surface area contributed by atoms with E-state index in [0.717, 1.165) is 0 Å². The Labute approximate surface area is 242 Å². The van der Waals surface area contributed by atoms with Gasteiger partial charge in [0.2, 0.25) is 5.91 Å². The molecule has 0 aliphatic rings. The molecule has 42 heavy (non-hydrogen) atoms. The number of rotatable bonds is 7. The number of nitrogen functional groups attached to an aromatic ring is 1. The molecule has 0 bridgehead atoms. The first-order valence-corrected chi connectivity index (χ1v) is 13.3. The van der Waals surface area contributed by atoms with Crippen LogP contribution in [0.15, 0.2) is 96.6 Å². The molecule has 0 spiro atoms. The van der Waals surface area contributed by atoms with Gasteiger partial charge in [-0.1, -0.05) is 48.8 Å². The number of aromatic nitrogens is 3. The summed E-state index contributed by atoms with van der Waals surface area (Å²) in [6.07, 6.45) is 4.78. The molecule has 3 heterocycles. The molecule has 0 aliphatic carbocycles. The maximum absolute atomic E-state index is 14.2. The SMILES string of the molecule is C=CC(=O)NCCC#Cc1cccc2cc(C(C)NC(=O)c3c(N)ncc4cccnc34)n(-c3ccccc3)c(=O)c12. The Hall–Kier alpha value is -5.75. The largest absolute Gasteiger partial charge is 0.383 e. The molecule has 0 aliphatic heterocycles. The highest BCUT2D eigenvalue weighted by Gasteiger charge is 2.22. The van der Waals surface area contributed by atoms with Crippen LogP contribution in [0.4, 0.5) is 5.82 Å². The second-order valence-electron chi connectivity index (χ2n) is 9.52. The summed E-state index contributed by atoms with van der Waals surface area (Å²) in [5, 5.41) is 7.51. The minimum atomic E-state index is -0.601. The van der Waals surface area contributed by atoms with Gasteiger partial charge in [-0.3, -0.25) is 23.9 Å². The monoisotopic (exact) mass is 556 g/mol. The zero-order valence-electron chi connectivity index (χ0n) is 22.9. The Balaban J connectivity index is 1.57. The summed E-state index contributed by atoms with van der Waals surface area (Å²) in [7, 11) is 0. The van der Waals surface area contributed by atoms with Crippen LogP contribution in [-0.2, 0) is 4.79 Å². The van der Waals surface area contributed by atoms with Crippen LogP contribution in [0.3, 0.4) is 0 Å². The van der Waals surface area contributed by atoms with Crippen molar-refractivity contribution in [3.63, 3.8) is 0 Å². The van der Waals surface area contributed by atoms with Gasteiger partial charge in [-0.15, -0.1) is 0 Å². The highest BCUT2D eigenvalue weighted by molar-refractivity contribution is 6.09. The number of nitrogens with two attached hydrogens (primary N) is 1. The predicted molar refractivity (Wildman–Crippen MR) is 164 cm³/mol. The van der Waals surface area contributed by atoms with Crippen LogP contribution < -0.4 is 21.9 Å². The van der Waals surface area contributed by atoms with Gasteiger partial charge in [-0.2, -0.15) is 0 Å². The molecule has 5 aromatic rings. The number of carbonyl (C=O) groups is 2. The molecule has 0 saturated carbocycles. The highest BCUT2D eigenvalue weighted by Crippen LogP contribution is 2.25. The van der Waals surface area contributed by atoms with Crippen molar-refractivity contribution in [1.82, 2.24) is 25.2 Å². The van der Waals surface area contributed by atoms with E-state index in [4.69, 9.17) is 5.73 Å². The lowest BCUT2D eigenvalue weighted by Crippen LogP contribution is -2.33. The average molecular weight is 557 g/mol. The van der Waals surface area contributed by atoms with Crippen molar-refractivity contribution in [3.8, 4) is 17.5 Å². The lowest BCUT2D eigenvalue weighted by molar-refractivity contribution is -0.116. The van der Waals surface area contributed by atoms with E-state index in [0.29, 0.717) is 51.6 Å². The molecular weight excluding hydrogens is 528 g/mol. The fourth-order valence-corrected chi connectivity index (χ4v) is 4.75. The standard InChI is InChI=1S/C33H28N6O3/c1-3-27(40)35-17-8-7-11-22-12-9-13-23-19-26(39(33(42)28(22)23)25-15-5-4-6-16-25)21(2)38-32(41)29-30-24(14-10-18-36-30)20-37-31(29)34/h3-6,9-10,12-16,18-21H,1,8,17H2,2H3,(H2,34,37)(H,35,40)(H,38,41). The molecule has 5 rings (SSSR count). The third-order valence-corrected chi connectivity index (χ3v) is 6.74. The Kier molecular flexibility index (Phi) is 8.07. The van der Waals surface area contributed by atoms with Crippen LogP contribution in [0, 0.1) is 11.8 Å². The molecule has 2 amide bonds. The van der Waals surface area contributed by atoms with Crippen molar-refractivity contribution in [2.45, 2.75) is 19.4 Å². The van der Waals surface area contributed by atoms with Gasteiger partial charge in [0.15, 0.2) is 0 Å². The molecule has 1 unspecified atom stereocenters. The van der Waals surface area contributed by atoms with Crippen LogP contribution in [0.25, 0.3) is 27.4 Å². The number of amides is 2. The third kappa shape index (κ3) is 5.60. The van der Waals surface area contributed by atoms with Crippen LogP contribution >= 0.6 is 0 Å². The first kappa shape index (κ1) is 27.8. The summed E-state index contributed by atoms with van der Waals surface area (Å²) in [6, 6.07) is 19.5. The number of hydrogen-bond acceptors (Lipinski definition) is 6. The Morgan fingerprint density at radius 1 is 1.07 bits per heavy atom. The predicted octanol–water partition coefficient (Wildman–Crippen LogP) is 4.05. The maximum Gasteiger partial charge on any atom is 0.264 e. The third-order valence-electron chi connectivity index (χ3n) is 6.74. The summed E-state index contributed by atoms with van der Waals surface area (Å²) < 4.78 is 1.59. The topological polar surface area (TPSA) is 132 Å². The minimum Gasteiger partial charge on any atom is -0.383 e. The first-order valence-electron chi connectivity index (χ1n) is 13.3. The quantitative estimate of drug-likeness (QED) is 0.157. The molecule has 3 aromatic heterocycles. The Bertz CT molecular complexity index is 1950. The number of carbonyl (C=O) groups excluding carboxylic acids is 2. The zero-order valence-corrected chi connectivity index (χ0v) is 22.9. The van der Waals surface area contributed by atoms with Gasteiger partial charge in [0.05, 0.1) is 16.9 Å². The Morgan fingerprint density at radius 2 is 1.86 bits per heavy atom. The van der Waals surface area contributed by atoms with Gasteiger partial charge < -0.3 is 16.4 Å². The van der Waals surface area contributed by atoms with Crippen LogP contribution in [0.2, 0.25) is 0 Å². The van der Waals surface area contributed by atoms with Crippen molar-refractivity contribution in [2.24, 2.45) is 0 Å². The smallest absolute Gasteiger partial charge is 0.264 e. The van der Waals surface area contributed by atoms with Gasteiger partial charge in [0.1, 0.15) is 11.4 Å². The van der Waals surface area contributed by atoms with Gasteiger partial charge in [-0.25, -0.2) is 4.98 Å². The molecule has 4 N–H and O–H groups in total. The molecular formula is C33H28N6O3. The van der Waals surface area contributed by atoms with Gasteiger partial charge >= 0.3 is 0 Å². The maximum atomic E-state index is 14.2. The zero-order chi connectivity index (χ0) is 29.6. The molecule has 0 saturated heterocycles. The van der Waals surface area contributed by atoms with Gasteiger partial charge in [0.25, 0.3) is 11.5 Å². The number of hydrogen-bond donors (Lipinski definition) is 3. The van der Waals surface area contributed by atoms with Crippen molar-refractivity contribution in [2.75, 3.05) is 12.3 Å². The number of benzene rings is 2. The fourth-order valence-electron chi connectivity index (χ4n) is 4.75. The molecule has 208 valence electrons. The summed E-state index contributed by atoms with van der Waals surface area (Å²) in [4.78, 5) is 47.6. The molecule has 0 radical (unpaired) electrons. The second kappa shape index (κ2) is 12.2. The highest BCUT2D eigenvalue weighted by atomic mass is 16.2. The molecule has 9 nitrogen and oxygen atoms in total. The number of fused-ring (bicyclic) bond motifs is 2. The summed E-state index contributed by atoms with van der Waals surface area (Å²) in [5.74, 6) is 5.47. The summed E-state index contributed by atoms with van der Waals surface area (Å²) in [6.45, 7) is 5.60. The van der Waals surface area contributed by atoms with Gasteiger partial charge in [0, 0.05) is 47.7 Å². The number of nitrogens with zero attached hydrogens (tertiary/aromatic N) is 3. The van der Waals surface area contributed by atoms with E-state index in [1.807, 2.05) is 54.6 Å². The molecule has 2 aromatic carbocycles. The molecule has 0 fully saturated rings. The van der Waals surface area contributed by atoms with E-state index in [2.05, 4.69) is 39.0 Å². The lowest BCUT2D eigenvalue weighted by Gasteiger charge is -2.21. The number of anilines is 1. The van der Waals surface area contributed by atoms with Crippen molar-refractivity contribution >= 4 is 39.3 Å². The number of para-hydroxylation sites is 1. The van der Waals surface area contributed by atoms with Crippen LogP contribution in [-0.4, -0.2) is 32.9 Å². The Morgan fingerprint density at radius 3 is 2.64 bits per heavy atom.